The van der Waals surface area contributed by atoms with E-state index < -0.39 is 15.3 Å². The fourth-order valence-electron chi connectivity index (χ4n) is 1.74. The van der Waals surface area contributed by atoms with Crippen LogP contribution in [0.3, 0.4) is 0 Å². The van der Waals surface area contributed by atoms with Gasteiger partial charge in [0.2, 0.25) is 10.0 Å². The molecule has 2 N–H and O–H groups in total. The lowest BCUT2D eigenvalue weighted by atomic mass is 10.3. The Hall–Kier alpha value is -0.210. The van der Waals surface area contributed by atoms with Crippen molar-refractivity contribution < 1.29 is 13.2 Å². The van der Waals surface area contributed by atoms with Gasteiger partial charge < -0.3 is 15.0 Å². The highest BCUT2D eigenvalue weighted by atomic mass is 32.2. The van der Waals surface area contributed by atoms with Crippen LogP contribution < -0.4 is 10.0 Å². The van der Waals surface area contributed by atoms with Crippen LogP contribution in [0.5, 0.6) is 0 Å². The molecule has 1 fully saturated rings. The maximum atomic E-state index is 11.8. The van der Waals surface area contributed by atoms with Gasteiger partial charge in [0.1, 0.15) is 0 Å². The molecule has 1 rings (SSSR count). The standard InChI is InChI=1S/C10H23N3O3S/c1-9(6-11-2)17(14,15)12-7-10-8-13(3)4-5-16-10/h9-12H,4-8H2,1-3H3. The van der Waals surface area contributed by atoms with Gasteiger partial charge in [0.05, 0.1) is 18.0 Å². The lowest BCUT2D eigenvalue weighted by molar-refractivity contribution is -0.0156. The highest BCUT2D eigenvalue weighted by Gasteiger charge is 2.23. The summed E-state index contributed by atoms with van der Waals surface area (Å²) in [5, 5.41) is 2.42. The summed E-state index contributed by atoms with van der Waals surface area (Å²) in [7, 11) is 0.499. The van der Waals surface area contributed by atoms with Crippen LogP contribution in [-0.4, -0.2) is 71.6 Å². The van der Waals surface area contributed by atoms with Crippen molar-refractivity contribution in [3.05, 3.63) is 0 Å². The number of morpholine rings is 1. The first-order chi connectivity index (χ1) is 7.95. The van der Waals surface area contributed by atoms with Crippen molar-refractivity contribution in [1.29, 1.82) is 0 Å². The summed E-state index contributed by atoms with van der Waals surface area (Å²) in [6.07, 6.45) is -0.0506. The van der Waals surface area contributed by atoms with Gasteiger partial charge in [-0.3, -0.25) is 0 Å². The van der Waals surface area contributed by atoms with Crippen LogP contribution in [0.1, 0.15) is 6.92 Å². The Morgan fingerprint density at radius 3 is 2.82 bits per heavy atom. The van der Waals surface area contributed by atoms with Gasteiger partial charge in [-0.25, -0.2) is 13.1 Å². The molecule has 6 nitrogen and oxygen atoms in total. The minimum absolute atomic E-state index is 0.0506. The van der Waals surface area contributed by atoms with Gasteiger partial charge in [-0.15, -0.1) is 0 Å². The molecule has 0 aromatic heterocycles. The second-order valence-corrected chi connectivity index (χ2v) is 6.70. The summed E-state index contributed by atoms with van der Waals surface area (Å²) in [6, 6.07) is 0. The number of rotatable bonds is 6. The zero-order chi connectivity index (χ0) is 12.9. The number of ether oxygens (including phenoxy) is 1. The van der Waals surface area contributed by atoms with E-state index in [1.54, 1.807) is 14.0 Å². The normalized spacial score (nSPS) is 24.8. The Kier molecular flexibility index (Phi) is 5.81. The maximum Gasteiger partial charge on any atom is 0.215 e. The molecule has 0 radical (unpaired) electrons. The molecule has 7 heteroatoms. The first-order valence-corrected chi connectivity index (χ1v) is 7.43. The molecule has 0 bridgehead atoms. The number of sulfonamides is 1. The second kappa shape index (κ2) is 6.65. The van der Waals surface area contributed by atoms with E-state index in [-0.39, 0.29) is 6.10 Å². The Morgan fingerprint density at radius 1 is 1.53 bits per heavy atom. The zero-order valence-corrected chi connectivity index (χ0v) is 11.6. The molecule has 1 aliphatic heterocycles. The molecule has 1 heterocycles. The summed E-state index contributed by atoms with van der Waals surface area (Å²) in [6.45, 7) is 4.81. The third-order valence-electron chi connectivity index (χ3n) is 2.88. The molecule has 0 amide bonds. The van der Waals surface area contributed by atoms with Crippen molar-refractivity contribution in [3.8, 4) is 0 Å². The molecule has 0 aliphatic carbocycles. The SMILES string of the molecule is CNCC(C)S(=O)(=O)NCC1CN(C)CCO1. The van der Waals surface area contributed by atoms with Crippen LogP contribution in [0, 0.1) is 0 Å². The van der Waals surface area contributed by atoms with Gasteiger partial charge in [0.25, 0.3) is 0 Å². The summed E-state index contributed by atoms with van der Waals surface area (Å²) in [5.74, 6) is 0. The smallest absolute Gasteiger partial charge is 0.215 e. The zero-order valence-electron chi connectivity index (χ0n) is 10.8. The highest BCUT2D eigenvalue weighted by molar-refractivity contribution is 7.90. The molecule has 0 spiro atoms. The molecule has 2 unspecified atom stereocenters. The Morgan fingerprint density at radius 2 is 2.24 bits per heavy atom. The van der Waals surface area contributed by atoms with Crippen LogP contribution in [0.25, 0.3) is 0 Å². The average molecular weight is 265 g/mol. The lowest BCUT2D eigenvalue weighted by Crippen LogP contribution is -2.48. The number of nitrogens with one attached hydrogen (secondary N) is 2. The van der Waals surface area contributed by atoms with Crippen LogP contribution in [0.2, 0.25) is 0 Å². The third-order valence-corrected chi connectivity index (χ3v) is 4.67. The molecule has 1 saturated heterocycles. The summed E-state index contributed by atoms with van der Waals surface area (Å²) in [4.78, 5) is 2.14. The Bertz CT molecular complexity index is 321. The largest absolute Gasteiger partial charge is 0.374 e. The van der Waals surface area contributed by atoms with Gasteiger partial charge in [0.15, 0.2) is 0 Å². The molecule has 1 aliphatic rings. The van der Waals surface area contributed by atoms with E-state index in [9.17, 15) is 8.42 Å². The number of hydrogen-bond donors (Lipinski definition) is 2. The van der Waals surface area contributed by atoms with E-state index in [2.05, 4.69) is 14.9 Å². The maximum absolute atomic E-state index is 11.8. The Labute approximate surface area is 104 Å². The monoisotopic (exact) mass is 265 g/mol. The van der Waals surface area contributed by atoms with Crippen molar-refractivity contribution in [2.45, 2.75) is 18.3 Å². The van der Waals surface area contributed by atoms with E-state index in [1.165, 1.54) is 0 Å². The topological polar surface area (TPSA) is 70.7 Å². The van der Waals surface area contributed by atoms with Crippen molar-refractivity contribution >= 4 is 10.0 Å². The summed E-state index contributed by atoms with van der Waals surface area (Å²) < 4.78 is 31.8. The van der Waals surface area contributed by atoms with Crippen molar-refractivity contribution in [1.82, 2.24) is 14.9 Å². The van der Waals surface area contributed by atoms with Crippen molar-refractivity contribution in [2.75, 3.05) is 46.9 Å². The molecule has 102 valence electrons. The minimum Gasteiger partial charge on any atom is -0.374 e. The first-order valence-electron chi connectivity index (χ1n) is 5.89. The van der Waals surface area contributed by atoms with E-state index >= 15 is 0 Å². The van der Waals surface area contributed by atoms with Gasteiger partial charge in [-0.1, -0.05) is 0 Å². The number of nitrogens with zero attached hydrogens (tertiary/aromatic N) is 1. The molecule has 0 saturated carbocycles. The van der Waals surface area contributed by atoms with E-state index in [1.807, 2.05) is 7.05 Å². The predicted molar refractivity (Wildman–Crippen MR) is 67.5 cm³/mol. The lowest BCUT2D eigenvalue weighted by Gasteiger charge is -2.30. The van der Waals surface area contributed by atoms with Gasteiger partial charge in [-0.05, 0) is 21.0 Å². The van der Waals surface area contributed by atoms with E-state index in [0.717, 1.165) is 13.1 Å². The van der Waals surface area contributed by atoms with Gasteiger partial charge in [0, 0.05) is 26.2 Å². The second-order valence-electron chi connectivity index (χ2n) is 4.52. The highest BCUT2D eigenvalue weighted by Crippen LogP contribution is 2.03. The van der Waals surface area contributed by atoms with Crippen LogP contribution >= 0.6 is 0 Å². The average Bonchev–Trinajstić information content (AvgIpc) is 2.27. The summed E-state index contributed by atoms with van der Waals surface area (Å²) >= 11 is 0. The molecule has 0 aromatic rings. The van der Waals surface area contributed by atoms with Crippen LogP contribution in [0.4, 0.5) is 0 Å². The van der Waals surface area contributed by atoms with Crippen LogP contribution in [0.15, 0.2) is 0 Å². The molecule has 17 heavy (non-hydrogen) atoms. The van der Waals surface area contributed by atoms with Gasteiger partial charge >= 0.3 is 0 Å². The fourth-order valence-corrected chi connectivity index (χ4v) is 2.83. The van der Waals surface area contributed by atoms with E-state index in [4.69, 9.17) is 4.74 Å². The Balaban J connectivity index is 2.38. The minimum atomic E-state index is -3.25. The quantitative estimate of drug-likeness (QED) is 0.634. The third kappa shape index (κ3) is 4.89. The van der Waals surface area contributed by atoms with Crippen LogP contribution in [-0.2, 0) is 14.8 Å². The molecular formula is C10H23N3O3S. The number of likely N-dealkylation sites (N-methyl/N-ethyl adjacent to an activating group) is 1. The fraction of sp³-hybridized carbons (Fsp3) is 1.00. The van der Waals surface area contributed by atoms with Crippen molar-refractivity contribution in [2.24, 2.45) is 0 Å². The van der Waals surface area contributed by atoms with Crippen molar-refractivity contribution in [3.63, 3.8) is 0 Å². The van der Waals surface area contributed by atoms with Gasteiger partial charge in [-0.2, -0.15) is 0 Å². The first kappa shape index (κ1) is 14.8. The number of hydrogen-bond acceptors (Lipinski definition) is 5. The molecular weight excluding hydrogens is 242 g/mol. The van der Waals surface area contributed by atoms with E-state index in [0.29, 0.717) is 19.7 Å². The molecule has 0 aromatic carbocycles. The predicted octanol–water partition coefficient (Wildman–Crippen LogP) is -1.16. The summed E-state index contributed by atoms with van der Waals surface area (Å²) in [5.41, 5.74) is 0. The molecule has 2 atom stereocenters.